The summed E-state index contributed by atoms with van der Waals surface area (Å²) in [6.45, 7) is -1.05. The van der Waals surface area contributed by atoms with Crippen LogP contribution in [0.1, 0.15) is 20.7 Å². The fourth-order valence-corrected chi connectivity index (χ4v) is 2.40. The SMILES string of the molecule is COc1cc(OC)cc(C(=O)OOOC(=O)OCCOC(=O)OOOC(=O)c2cc(OC)cc(OC)c2)c1. The monoisotopic (exact) mass is 542 g/mol. The van der Waals surface area contributed by atoms with Gasteiger partial charge in [0.2, 0.25) is 0 Å². The molecule has 2 aromatic rings. The minimum atomic E-state index is -1.43. The molecule has 0 fully saturated rings. The molecule has 0 saturated carbocycles. The number of methoxy groups -OCH3 is 4. The van der Waals surface area contributed by atoms with Crippen molar-refractivity contribution >= 4 is 24.2 Å². The second-order valence-corrected chi connectivity index (χ2v) is 6.44. The number of rotatable bonds is 13. The predicted octanol–water partition coefficient (Wildman–Crippen LogP) is 2.73. The number of benzene rings is 2. The van der Waals surface area contributed by atoms with Crippen molar-refractivity contribution < 1.29 is 77.2 Å². The quantitative estimate of drug-likeness (QED) is 0.156. The highest BCUT2D eigenvalue weighted by Crippen LogP contribution is 2.24. The summed E-state index contributed by atoms with van der Waals surface area (Å²) in [5, 5.41) is 8.11. The summed E-state index contributed by atoms with van der Waals surface area (Å²) in [4.78, 5) is 63.5. The van der Waals surface area contributed by atoms with Gasteiger partial charge in [0.1, 0.15) is 36.2 Å². The molecule has 2 aromatic carbocycles. The molecule has 0 aliphatic rings. The first-order valence-electron chi connectivity index (χ1n) is 10.2. The predicted molar refractivity (Wildman–Crippen MR) is 117 cm³/mol. The molecule has 0 radical (unpaired) electrons. The van der Waals surface area contributed by atoms with E-state index in [9.17, 15) is 19.2 Å². The van der Waals surface area contributed by atoms with Crippen molar-refractivity contribution in [2.75, 3.05) is 41.7 Å². The Balaban J connectivity index is 1.61. The minimum absolute atomic E-state index is 0.0267. The van der Waals surface area contributed by atoms with Gasteiger partial charge in [-0.25, -0.2) is 29.0 Å². The Morgan fingerprint density at radius 1 is 0.500 bits per heavy atom. The third-order valence-corrected chi connectivity index (χ3v) is 4.12. The van der Waals surface area contributed by atoms with Crippen LogP contribution in [-0.4, -0.2) is 65.9 Å². The van der Waals surface area contributed by atoms with Crippen LogP contribution in [0.4, 0.5) is 9.59 Å². The van der Waals surface area contributed by atoms with Crippen LogP contribution < -0.4 is 18.9 Å². The first-order chi connectivity index (χ1) is 18.3. The van der Waals surface area contributed by atoms with E-state index in [0.29, 0.717) is 23.0 Å². The van der Waals surface area contributed by atoms with Crippen LogP contribution in [0.2, 0.25) is 0 Å². The molecule has 16 heteroatoms. The topological polar surface area (TPSA) is 179 Å². The van der Waals surface area contributed by atoms with Crippen molar-refractivity contribution in [3.63, 3.8) is 0 Å². The van der Waals surface area contributed by atoms with E-state index >= 15 is 0 Å². The summed E-state index contributed by atoms with van der Waals surface area (Å²) in [6, 6.07) is 8.32. The van der Waals surface area contributed by atoms with Gasteiger partial charge >= 0.3 is 24.2 Å². The summed E-state index contributed by atoms with van der Waals surface area (Å²) in [7, 11) is 5.53. The molecule has 0 heterocycles. The van der Waals surface area contributed by atoms with E-state index in [1.165, 1.54) is 64.8 Å². The molecular formula is C22H22O16. The lowest BCUT2D eigenvalue weighted by Gasteiger charge is -2.08. The van der Waals surface area contributed by atoms with Crippen molar-refractivity contribution in [1.29, 1.82) is 0 Å². The summed E-state index contributed by atoms with van der Waals surface area (Å²) in [6.07, 6.45) is -2.87. The van der Waals surface area contributed by atoms with E-state index in [0.717, 1.165) is 0 Å². The molecule has 0 aliphatic heterocycles. The van der Waals surface area contributed by atoms with E-state index in [1.54, 1.807) is 0 Å². The Morgan fingerprint density at radius 2 is 0.816 bits per heavy atom. The van der Waals surface area contributed by atoms with Gasteiger partial charge in [-0.2, -0.15) is 0 Å². The maximum absolute atomic E-state index is 11.9. The van der Waals surface area contributed by atoms with Gasteiger partial charge in [0.15, 0.2) is 0 Å². The average molecular weight is 542 g/mol. The molecule has 0 N–H and O–H groups in total. The highest BCUT2D eigenvalue weighted by Gasteiger charge is 2.17. The standard InChI is InChI=1S/C22H22O16/c1-27-15-7-13(8-16(11-15)28-2)19(23)33-37-35-21(25)31-5-6-32-22(26)36-38-34-20(24)14-9-17(29-3)12-18(10-14)30-4/h7-12H,5-6H2,1-4H3. The largest absolute Gasteiger partial charge is 0.543 e. The lowest BCUT2D eigenvalue weighted by molar-refractivity contribution is -0.453. The summed E-state index contributed by atoms with van der Waals surface area (Å²) in [5.74, 6) is -0.861. The Labute approximate surface area is 214 Å². The van der Waals surface area contributed by atoms with Crippen molar-refractivity contribution in [2.45, 2.75) is 0 Å². The third kappa shape index (κ3) is 9.59. The van der Waals surface area contributed by atoms with Gasteiger partial charge in [0.25, 0.3) is 0 Å². The van der Waals surface area contributed by atoms with Crippen LogP contribution in [0.15, 0.2) is 36.4 Å². The normalized spacial score (nSPS) is 9.89. The van der Waals surface area contributed by atoms with Crippen molar-refractivity contribution in [1.82, 2.24) is 0 Å². The Bertz CT molecular complexity index is 983. The average Bonchev–Trinajstić information content (AvgIpc) is 2.94. The van der Waals surface area contributed by atoms with E-state index in [1.807, 2.05) is 0 Å². The highest BCUT2D eigenvalue weighted by molar-refractivity contribution is 5.90. The molecule has 38 heavy (non-hydrogen) atoms. The zero-order valence-electron chi connectivity index (χ0n) is 20.4. The maximum atomic E-state index is 11.9. The molecule has 0 bridgehead atoms. The first-order valence-corrected chi connectivity index (χ1v) is 10.2. The molecule has 16 nitrogen and oxygen atoms in total. The summed E-state index contributed by atoms with van der Waals surface area (Å²) >= 11 is 0. The zero-order valence-corrected chi connectivity index (χ0v) is 20.4. The van der Waals surface area contributed by atoms with Crippen molar-refractivity contribution in [2.24, 2.45) is 0 Å². The number of carbonyl (C=O) groups excluding carboxylic acids is 4. The van der Waals surface area contributed by atoms with Crippen LogP contribution in [0, 0.1) is 0 Å². The molecule has 0 aromatic heterocycles. The van der Waals surface area contributed by atoms with Crippen LogP contribution in [-0.2, 0) is 39.1 Å². The highest BCUT2D eigenvalue weighted by atomic mass is 17.5. The molecule has 0 atom stereocenters. The van der Waals surface area contributed by atoms with Gasteiger partial charge < -0.3 is 28.4 Å². The smallest absolute Gasteiger partial charge is 0.497 e. The molecular weight excluding hydrogens is 520 g/mol. The van der Waals surface area contributed by atoms with E-state index < -0.39 is 37.5 Å². The van der Waals surface area contributed by atoms with Crippen LogP contribution in [0.25, 0.3) is 0 Å². The molecule has 0 aliphatic carbocycles. The van der Waals surface area contributed by atoms with Crippen LogP contribution >= 0.6 is 0 Å². The number of carbonyl (C=O) groups is 4. The van der Waals surface area contributed by atoms with Crippen LogP contribution in [0.5, 0.6) is 23.0 Å². The fourth-order valence-electron chi connectivity index (χ4n) is 2.40. The third-order valence-electron chi connectivity index (χ3n) is 4.12. The lowest BCUT2D eigenvalue weighted by Crippen LogP contribution is -2.17. The summed E-state index contributed by atoms with van der Waals surface area (Å²) < 4.78 is 29.0. The minimum Gasteiger partial charge on any atom is -0.497 e. The van der Waals surface area contributed by atoms with Gasteiger partial charge in [-0.3, -0.25) is 9.78 Å². The van der Waals surface area contributed by atoms with Gasteiger partial charge in [-0.05, 0) is 24.3 Å². The maximum Gasteiger partial charge on any atom is 0.543 e. The lowest BCUT2D eigenvalue weighted by atomic mass is 10.2. The zero-order chi connectivity index (χ0) is 27.9. The first kappa shape index (κ1) is 29.3. The Hall–Kier alpha value is -4.96. The van der Waals surface area contributed by atoms with E-state index in [-0.39, 0.29) is 11.1 Å². The van der Waals surface area contributed by atoms with E-state index in [2.05, 4.69) is 39.1 Å². The molecule has 2 rings (SSSR count). The molecule has 0 saturated heterocycles. The van der Waals surface area contributed by atoms with Gasteiger partial charge in [-0.15, -0.1) is 0 Å². The van der Waals surface area contributed by atoms with Gasteiger partial charge in [-0.1, -0.05) is 0 Å². The van der Waals surface area contributed by atoms with Crippen molar-refractivity contribution in [3.05, 3.63) is 47.5 Å². The second-order valence-electron chi connectivity index (χ2n) is 6.44. The number of ether oxygens (including phenoxy) is 6. The van der Waals surface area contributed by atoms with Crippen molar-refractivity contribution in [3.8, 4) is 23.0 Å². The second kappa shape index (κ2) is 15.2. The van der Waals surface area contributed by atoms with Crippen LogP contribution in [0.3, 0.4) is 0 Å². The van der Waals surface area contributed by atoms with Gasteiger partial charge in [0, 0.05) is 12.1 Å². The Kier molecular flexibility index (Phi) is 11.7. The fraction of sp³-hybridized carbons (Fsp3) is 0.273. The van der Waals surface area contributed by atoms with Gasteiger partial charge in [0.05, 0.1) is 49.6 Å². The molecule has 0 unspecified atom stereocenters. The summed E-state index contributed by atoms with van der Waals surface area (Å²) in [5.41, 5.74) is -0.0533. The van der Waals surface area contributed by atoms with E-state index in [4.69, 9.17) is 18.9 Å². The Morgan fingerprint density at radius 3 is 1.11 bits per heavy atom. The number of hydrogen-bond donors (Lipinski definition) is 0. The molecule has 0 amide bonds. The molecule has 206 valence electrons. The number of hydrogen-bond acceptors (Lipinski definition) is 16. The molecule has 0 spiro atoms.